The molecule has 0 bridgehead atoms. The zero-order valence-electron chi connectivity index (χ0n) is 10.2. The summed E-state index contributed by atoms with van der Waals surface area (Å²) in [6.07, 6.45) is 1.29. The molecule has 1 aromatic rings. The first-order chi connectivity index (χ1) is 7.08. The van der Waals surface area contributed by atoms with Crippen LogP contribution in [0.5, 0.6) is 0 Å². The van der Waals surface area contributed by atoms with Gasteiger partial charge in [0.05, 0.1) is 0 Å². The van der Waals surface area contributed by atoms with E-state index in [4.69, 9.17) is 0 Å². The Morgan fingerprint density at radius 1 is 1.33 bits per heavy atom. The van der Waals surface area contributed by atoms with Gasteiger partial charge in [-0.25, -0.2) is 0 Å². The average Bonchev–Trinajstić information content (AvgIpc) is 2.48. The lowest BCUT2D eigenvalue weighted by Crippen LogP contribution is -2.05. The lowest BCUT2D eigenvalue weighted by Gasteiger charge is -2.13. The third kappa shape index (κ3) is 2.01. The summed E-state index contributed by atoms with van der Waals surface area (Å²) in [7, 11) is 0. The van der Waals surface area contributed by atoms with Crippen LogP contribution in [-0.4, -0.2) is 6.54 Å². The summed E-state index contributed by atoms with van der Waals surface area (Å²) in [5.74, 6) is 1.50. The van der Waals surface area contributed by atoms with Crippen LogP contribution in [-0.2, 0) is 0 Å². The number of hydrogen-bond donors (Lipinski definition) is 1. The lowest BCUT2D eigenvalue weighted by molar-refractivity contribution is 0.522. The topological polar surface area (TPSA) is 12.0 Å². The Bertz CT molecular complexity index is 366. The summed E-state index contributed by atoms with van der Waals surface area (Å²) in [6, 6.07) is 4.62. The van der Waals surface area contributed by atoms with Gasteiger partial charge in [-0.15, -0.1) is 0 Å². The van der Waals surface area contributed by atoms with Gasteiger partial charge in [0.1, 0.15) is 0 Å². The lowest BCUT2D eigenvalue weighted by atomic mass is 9.90. The number of anilines is 1. The van der Waals surface area contributed by atoms with Gasteiger partial charge in [-0.2, -0.15) is 0 Å². The SMILES string of the molecule is Cc1cc(C)c2c(c1)C(CC(C)C)CN2. The summed E-state index contributed by atoms with van der Waals surface area (Å²) in [6.45, 7) is 10.1. The highest BCUT2D eigenvalue weighted by Gasteiger charge is 2.24. The van der Waals surface area contributed by atoms with Gasteiger partial charge >= 0.3 is 0 Å². The van der Waals surface area contributed by atoms with Crippen LogP contribution in [0.1, 0.15) is 42.9 Å². The molecule has 0 saturated carbocycles. The zero-order chi connectivity index (χ0) is 11.0. The second kappa shape index (κ2) is 3.88. The predicted octanol–water partition coefficient (Wildman–Crippen LogP) is 3.86. The molecule has 1 unspecified atom stereocenters. The molecule has 1 N–H and O–H groups in total. The summed E-state index contributed by atoms with van der Waals surface area (Å²) in [5, 5.41) is 3.55. The van der Waals surface area contributed by atoms with Crippen LogP contribution in [0.15, 0.2) is 12.1 Å². The van der Waals surface area contributed by atoms with E-state index < -0.39 is 0 Å². The van der Waals surface area contributed by atoms with Gasteiger partial charge in [0, 0.05) is 18.2 Å². The first-order valence-corrected chi connectivity index (χ1v) is 5.93. The summed E-state index contributed by atoms with van der Waals surface area (Å²) in [5.41, 5.74) is 5.73. The quantitative estimate of drug-likeness (QED) is 0.769. The van der Waals surface area contributed by atoms with Crippen molar-refractivity contribution in [3.05, 3.63) is 28.8 Å². The molecule has 0 spiro atoms. The molecular weight excluding hydrogens is 182 g/mol. The van der Waals surface area contributed by atoms with Gasteiger partial charge < -0.3 is 5.32 Å². The number of aryl methyl sites for hydroxylation is 2. The fraction of sp³-hybridized carbons (Fsp3) is 0.571. The first-order valence-electron chi connectivity index (χ1n) is 5.93. The second-order valence-corrected chi connectivity index (χ2v) is 5.25. The molecule has 0 saturated heterocycles. The Balaban J connectivity index is 2.33. The largest absolute Gasteiger partial charge is 0.384 e. The molecular formula is C14H21N. The summed E-state index contributed by atoms with van der Waals surface area (Å²) < 4.78 is 0. The normalized spacial score (nSPS) is 19.1. The highest BCUT2D eigenvalue weighted by Crippen LogP contribution is 2.38. The van der Waals surface area contributed by atoms with Crippen LogP contribution in [0.2, 0.25) is 0 Å². The molecule has 15 heavy (non-hydrogen) atoms. The van der Waals surface area contributed by atoms with E-state index in [1.807, 2.05) is 0 Å². The first kappa shape index (κ1) is 10.5. The number of hydrogen-bond acceptors (Lipinski definition) is 1. The van der Waals surface area contributed by atoms with Crippen molar-refractivity contribution >= 4 is 5.69 Å². The molecule has 0 amide bonds. The van der Waals surface area contributed by atoms with Gasteiger partial charge in [0.2, 0.25) is 0 Å². The highest BCUT2D eigenvalue weighted by molar-refractivity contribution is 5.63. The van der Waals surface area contributed by atoms with E-state index in [1.54, 1.807) is 5.56 Å². The van der Waals surface area contributed by atoms with E-state index >= 15 is 0 Å². The van der Waals surface area contributed by atoms with Crippen molar-refractivity contribution in [2.75, 3.05) is 11.9 Å². The van der Waals surface area contributed by atoms with Crippen molar-refractivity contribution in [1.82, 2.24) is 0 Å². The molecule has 1 heterocycles. The van der Waals surface area contributed by atoms with Gasteiger partial charge in [-0.1, -0.05) is 31.5 Å². The molecule has 1 aliphatic rings. The fourth-order valence-corrected chi connectivity index (χ4v) is 2.68. The van der Waals surface area contributed by atoms with Crippen LogP contribution < -0.4 is 5.32 Å². The minimum Gasteiger partial charge on any atom is -0.384 e. The van der Waals surface area contributed by atoms with Crippen LogP contribution in [0.25, 0.3) is 0 Å². The van der Waals surface area contributed by atoms with E-state index in [-0.39, 0.29) is 0 Å². The predicted molar refractivity (Wildman–Crippen MR) is 66.6 cm³/mol. The maximum atomic E-state index is 3.55. The highest BCUT2D eigenvalue weighted by atomic mass is 14.9. The van der Waals surface area contributed by atoms with Gasteiger partial charge in [0.15, 0.2) is 0 Å². The van der Waals surface area contributed by atoms with Crippen LogP contribution >= 0.6 is 0 Å². The van der Waals surface area contributed by atoms with Gasteiger partial charge in [-0.05, 0) is 37.3 Å². The fourth-order valence-electron chi connectivity index (χ4n) is 2.68. The zero-order valence-corrected chi connectivity index (χ0v) is 10.2. The van der Waals surface area contributed by atoms with E-state index in [0.29, 0.717) is 0 Å². The molecule has 1 aromatic carbocycles. The Morgan fingerprint density at radius 2 is 2.07 bits per heavy atom. The number of nitrogens with one attached hydrogen (secondary N) is 1. The maximum Gasteiger partial charge on any atom is 0.0406 e. The number of benzene rings is 1. The molecule has 0 aromatic heterocycles. The summed E-state index contributed by atoms with van der Waals surface area (Å²) in [4.78, 5) is 0. The minimum absolute atomic E-state index is 0.721. The molecule has 1 nitrogen and oxygen atoms in total. The number of fused-ring (bicyclic) bond motifs is 1. The van der Waals surface area contributed by atoms with Crippen LogP contribution in [0.3, 0.4) is 0 Å². The number of rotatable bonds is 2. The standard InChI is InChI=1S/C14H21N/c1-9(2)5-12-8-15-14-11(4)6-10(3)7-13(12)14/h6-7,9,12,15H,5,8H2,1-4H3. The van der Waals surface area contributed by atoms with E-state index in [2.05, 4.69) is 45.1 Å². The molecule has 2 rings (SSSR count). The van der Waals surface area contributed by atoms with Crippen molar-refractivity contribution in [1.29, 1.82) is 0 Å². The molecule has 0 aliphatic carbocycles. The third-order valence-corrected chi connectivity index (χ3v) is 3.23. The van der Waals surface area contributed by atoms with Crippen molar-refractivity contribution < 1.29 is 0 Å². The Morgan fingerprint density at radius 3 is 2.73 bits per heavy atom. The van der Waals surface area contributed by atoms with E-state index in [1.165, 1.54) is 23.2 Å². The van der Waals surface area contributed by atoms with Crippen LogP contribution in [0.4, 0.5) is 5.69 Å². The molecule has 0 radical (unpaired) electrons. The van der Waals surface area contributed by atoms with E-state index in [0.717, 1.165) is 18.4 Å². The summed E-state index contributed by atoms with van der Waals surface area (Å²) >= 11 is 0. The third-order valence-electron chi connectivity index (χ3n) is 3.23. The molecule has 1 aliphatic heterocycles. The molecule has 0 fully saturated rings. The Kier molecular flexibility index (Phi) is 2.72. The minimum atomic E-state index is 0.721. The van der Waals surface area contributed by atoms with Gasteiger partial charge in [-0.3, -0.25) is 0 Å². The smallest absolute Gasteiger partial charge is 0.0406 e. The van der Waals surface area contributed by atoms with E-state index in [9.17, 15) is 0 Å². The molecule has 82 valence electrons. The maximum absolute atomic E-state index is 3.55. The molecule has 1 atom stereocenters. The van der Waals surface area contributed by atoms with Crippen molar-refractivity contribution in [3.63, 3.8) is 0 Å². The monoisotopic (exact) mass is 203 g/mol. The van der Waals surface area contributed by atoms with Gasteiger partial charge in [0.25, 0.3) is 0 Å². The van der Waals surface area contributed by atoms with Crippen molar-refractivity contribution in [3.8, 4) is 0 Å². The van der Waals surface area contributed by atoms with Crippen LogP contribution in [0, 0.1) is 19.8 Å². The molecule has 1 heteroatoms. The Labute approximate surface area is 92.9 Å². The average molecular weight is 203 g/mol. The van der Waals surface area contributed by atoms with Crippen molar-refractivity contribution in [2.24, 2.45) is 5.92 Å². The second-order valence-electron chi connectivity index (χ2n) is 5.25. The van der Waals surface area contributed by atoms with Crippen molar-refractivity contribution in [2.45, 2.75) is 40.0 Å². The Hall–Kier alpha value is -0.980.